The lowest BCUT2D eigenvalue weighted by Crippen LogP contribution is -2.37. The lowest BCUT2D eigenvalue weighted by Gasteiger charge is -2.20. The van der Waals surface area contributed by atoms with E-state index >= 15 is 0 Å². The first-order chi connectivity index (χ1) is 11.7. The number of likely N-dealkylation sites (tertiary alicyclic amines) is 1. The zero-order valence-electron chi connectivity index (χ0n) is 14.8. The van der Waals surface area contributed by atoms with Gasteiger partial charge in [0.1, 0.15) is 5.75 Å². The Bertz CT molecular complexity index is 504. The molecule has 2 rings (SSSR count). The van der Waals surface area contributed by atoms with Crippen LogP contribution >= 0.6 is 0 Å². The average Bonchev–Trinajstić information content (AvgIpc) is 3.07. The number of benzene rings is 1. The minimum absolute atomic E-state index is 0.506. The van der Waals surface area contributed by atoms with E-state index in [1.165, 1.54) is 19.4 Å². The number of guanidine groups is 1. The lowest BCUT2D eigenvalue weighted by molar-refractivity contribution is 0.125. The standard InChI is InChI=1S/C18H30N4O2/c1-3-22-11-4-5-16(22)13-21-18(19)20-10-12-24-14-15-6-8-17(23-2)9-7-15/h6-9,16H,3-5,10-14H2,1-2H3,(H3,19,20,21). The van der Waals surface area contributed by atoms with Crippen molar-refractivity contribution in [2.75, 3.05) is 39.9 Å². The minimum Gasteiger partial charge on any atom is -0.497 e. The third-order valence-electron chi connectivity index (χ3n) is 4.36. The molecule has 1 aliphatic heterocycles. The number of nitrogens with one attached hydrogen (secondary N) is 1. The van der Waals surface area contributed by atoms with Crippen molar-refractivity contribution >= 4 is 5.96 Å². The second-order valence-corrected chi connectivity index (χ2v) is 5.98. The van der Waals surface area contributed by atoms with E-state index in [1.807, 2.05) is 24.3 Å². The molecular weight excluding hydrogens is 304 g/mol. The Kier molecular flexibility index (Phi) is 7.85. The predicted molar refractivity (Wildman–Crippen MR) is 97.4 cm³/mol. The third kappa shape index (κ3) is 6.02. The van der Waals surface area contributed by atoms with Crippen molar-refractivity contribution in [3.63, 3.8) is 0 Å². The fourth-order valence-corrected chi connectivity index (χ4v) is 2.94. The van der Waals surface area contributed by atoms with E-state index < -0.39 is 0 Å². The molecule has 1 aromatic carbocycles. The number of hydrogen-bond acceptors (Lipinski definition) is 4. The summed E-state index contributed by atoms with van der Waals surface area (Å²) in [5.74, 6) is 1.36. The first kappa shape index (κ1) is 18.5. The van der Waals surface area contributed by atoms with Gasteiger partial charge in [0, 0.05) is 12.6 Å². The van der Waals surface area contributed by atoms with Crippen molar-refractivity contribution in [2.24, 2.45) is 10.7 Å². The van der Waals surface area contributed by atoms with Crippen LogP contribution in [0.25, 0.3) is 0 Å². The van der Waals surface area contributed by atoms with Gasteiger partial charge in [0.2, 0.25) is 0 Å². The molecule has 1 unspecified atom stereocenters. The average molecular weight is 334 g/mol. The Labute approximate surface area is 145 Å². The van der Waals surface area contributed by atoms with E-state index in [9.17, 15) is 0 Å². The number of rotatable bonds is 9. The van der Waals surface area contributed by atoms with Crippen LogP contribution < -0.4 is 15.8 Å². The molecule has 1 atom stereocenters. The Balaban J connectivity index is 1.58. The van der Waals surface area contributed by atoms with Crippen LogP contribution in [0.15, 0.2) is 29.3 Å². The molecule has 0 spiro atoms. The summed E-state index contributed by atoms with van der Waals surface area (Å²) in [4.78, 5) is 6.92. The van der Waals surface area contributed by atoms with E-state index in [0.29, 0.717) is 31.8 Å². The maximum absolute atomic E-state index is 5.91. The van der Waals surface area contributed by atoms with Gasteiger partial charge in [-0.3, -0.25) is 9.89 Å². The third-order valence-corrected chi connectivity index (χ3v) is 4.36. The molecule has 0 aromatic heterocycles. The molecule has 6 heteroatoms. The second-order valence-electron chi connectivity index (χ2n) is 5.98. The fourth-order valence-electron chi connectivity index (χ4n) is 2.94. The molecule has 1 fully saturated rings. The molecule has 0 radical (unpaired) electrons. The molecule has 1 heterocycles. The Morgan fingerprint density at radius 2 is 2.17 bits per heavy atom. The summed E-state index contributed by atoms with van der Waals surface area (Å²) in [6.45, 7) is 7.08. The summed E-state index contributed by atoms with van der Waals surface area (Å²) < 4.78 is 10.8. The van der Waals surface area contributed by atoms with E-state index in [2.05, 4.69) is 22.1 Å². The molecule has 6 nitrogen and oxygen atoms in total. The van der Waals surface area contributed by atoms with Gasteiger partial charge in [0.15, 0.2) is 5.96 Å². The van der Waals surface area contributed by atoms with Gasteiger partial charge in [0.05, 0.1) is 26.9 Å². The summed E-state index contributed by atoms with van der Waals surface area (Å²) in [6, 6.07) is 8.42. The molecule has 24 heavy (non-hydrogen) atoms. The monoisotopic (exact) mass is 334 g/mol. The van der Waals surface area contributed by atoms with Gasteiger partial charge in [0.25, 0.3) is 0 Å². The SMILES string of the molecule is CCN1CCCC1CN=C(N)NCCOCc1ccc(OC)cc1. The summed E-state index contributed by atoms with van der Waals surface area (Å²) in [5, 5.41) is 3.11. The molecule has 0 amide bonds. The van der Waals surface area contributed by atoms with Crippen LogP contribution in [0.4, 0.5) is 0 Å². The predicted octanol–water partition coefficient (Wildman–Crippen LogP) is 1.60. The summed E-state index contributed by atoms with van der Waals surface area (Å²) in [6.07, 6.45) is 2.48. The van der Waals surface area contributed by atoms with Crippen LogP contribution in [0.3, 0.4) is 0 Å². The highest BCUT2D eigenvalue weighted by Crippen LogP contribution is 2.16. The van der Waals surface area contributed by atoms with Crippen molar-refractivity contribution in [1.82, 2.24) is 10.2 Å². The van der Waals surface area contributed by atoms with Crippen molar-refractivity contribution in [3.8, 4) is 5.75 Å². The van der Waals surface area contributed by atoms with E-state index in [4.69, 9.17) is 15.2 Å². The first-order valence-electron chi connectivity index (χ1n) is 8.71. The first-order valence-corrected chi connectivity index (χ1v) is 8.71. The topological polar surface area (TPSA) is 72.1 Å². The molecule has 3 N–H and O–H groups in total. The quantitative estimate of drug-likeness (QED) is 0.408. The smallest absolute Gasteiger partial charge is 0.188 e. The maximum Gasteiger partial charge on any atom is 0.188 e. The molecule has 134 valence electrons. The molecule has 1 saturated heterocycles. The minimum atomic E-state index is 0.506. The second kappa shape index (κ2) is 10.2. The van der Waals surface area contributed by atoms with Gasteiger partial charge in [-0.25, -0.2) is 0 Å². The zero-order valence-corrected chi connectivity index (χ0v) is 14.8. The van der Waals surface area contributed by atoms with Crippen molar-refractivity contribution in [1.29, 1.82) is 0 Å². The van der Waals surface area contributed by atoms with Gasteiger partial charge in [-0.1, -0.05) is 19.1 Å². The Morgan fingerprint density at radius 1 is 1.38 bits per heavy atom. The number of aliphatic imine (C=N–C) groups is 1. The van der Waals surface area contributed by atoms with Crippen molar-refractivity contribution < 1.29 is 9.47 Å². The van der Waals surface area contributed by atoms with E-state index in [-0.39, 0.29) is 0 Å². The summed E-state index contributed by atoms with van der Waals surface area (Å²) >= 11 is 0. The van der Waals surface area contributed by atoms with E-state index in [0.717, 1.165) is 24.4 Å². The largest absolute Gasteiger partial charge is 0.497 e. The lowest BCUT2D eigenvalue weighted by atomic mass is 10.2. The Hall–Kier alpha value is -1.79. The highest BCUT2D eigenvalue weighted by atomic mass is 16.5. The van der Waals surface area contributed by atoms with Crippen LogP contribution in [0.1, 0.15) is 25.3 Å². The number of ether oxygens (including phenoxy) is 2. The fraction of sp³-hybridized carbons (Fsp3) is 0.611. The Morgan fingerprint density at radius 3 is 2.88 bits per heavy atom. The van der Waals surface area contributed by atoms with Gasteiger partial charge >= 0.3 is 0 Å². The summed E-state index contributed by atoms with van der Waals surface area (Å²) in [5.41, 5.74) is 7.04. The maximum atomic E-state index is 5.91. The normalized spacial score (nSPS) is 18.8. The van der Waals surface area contributed by atoms with Gasteiger partial charge in [-0.15, -0.1) is 0 Å². The van der Waals surface area contributed by atoms with Gasteiger partial charge in [-0.05, 0) is 43.6 Å². The molecular formula is C18H30N4O2. The highest BCUT2D eigenvalue weighted by Gasteiger charge is 2.22. The van der Waals surface area contributed by atoms with Gasteiger partial charge < -0.3 is 20.5 Å². The number of likely N-dealkylation sites (N-methyl/N-ethyl adjacent to an activating group) is 1. The zero-order chi connectivity index (χ0) is 17.2. The van der Waals surface area contributed by atoms with Crippen LogP contribution in [0.2, 0.25) is 0 Å². The molecule has 0 saturated carbocycles. The number of nitrogens with two attached hydrogens (primary N) is 1. The highest BCUT2D eigenvalue weighted by molar-refractivity contribution is 5.77. The summed E-state index contributed by atoms with van der Waals surface area (Å²) in [7, 11) is 1.66. The van der Waals surface area contributed by atoms with Crippen molar-refractivity contribution in [2.45, 2.75) is 32.4 Å². The van der Waals surface area contributed by atoms with Crippen LogP contribution in [0.5, 0.6) is 5.75 Å². The van der Waals surface area contributed by atoms with Crippen LogP contribution in [-0.4, -0.2) is 56.8 Å². The van der Waals surface area contributed by atoms with Crippen molar-refractivity contribution in [3.05, 3.63) is 29.8 Å². The number of hydrogen-bond donors (Lipinski definition) is 2. The molecule has 0 aliphatic carbocycles. The van der Waals surface area contributed by atoms with Crippen LogP contribution in [0, 0.1) is 0 Å². The van der Waals surface area contributed by atoms with E-state index in [1.54, 1.807) is 7.11 Å². The van der Waals surface area contributed by atoms with Gasteiger partial charge in [-0.2, -0.15) is 0 Å². The molecule has 1 aromatic rings. The molecule has 1 aliphatic rings. The molecule has 0 bridgehead atoms. The number of nitrogens with zero attached hydrogens (tertiary/aromatic N) is 2. The van der Waals surface area contributed by atoms with Crippen LogP contribution in [-0.2, 0) is 11.3 Å². The number of methoxy groups -OCH3 is 1.